The molecule has 0 aromatic carbocycles. The van der Waals surface area contributed by atoms with Crippen molar-refractivity contribution >= 4 is 0 Å². The van der Waals surface area contributed by atoms with Gasteiger partial charge in [-0.1, -0.05) is 46.5 Å². The van der Waals surface area contributed by atoms with E-state index >= 15 is 0 Å². The molecule has 0 aromatic rings. The molecule has 13 heavy (non-hydrogen) atoms. The molecule has 0 bridgehead atoms. The quantitative estimate of drug-likeness (QED) is 0.711. The van der Waals surface area contributed by atoms with Crippen molar-refractivity contribution in [1.82, 2.24) is 0 Å². The van der Waals surface area contributed by atoms with Gasteiger partial charge in [-0.3, -0.25) is 0 Å². The van der Waals surface area contributed by atoms with Gasteiger partial charge in [0.15, 0.2) is 0 Å². The molecule has 0 aliphatic heterocycles. The summed E-state index contributed by atoms with van der Waals surface area (Å²) in [6.45, 7) is 6.93. The molecule has 0 heterocycles. The van der Waals surface area contributed by atoms with Crippen molar-refractivity contribution < 1.29 is 0 Å². The monoisotopic (exact) mass is 183 g/mol. The summed E-state index contributed by atoms with van der Waals surface area (Å²) in [6.07, 6.45) is 7.98. The summed E-state index contributed by atoms with van der Waals surface area (Å²) in [6, 6.07) is 0.435. The van der Waals surface area contributed by atoms with Crippen LogP contribution >= 0.6 is 0 Å². The van der Waals surface area contributed by atoms with Crippen molar-refractivity contribution in [2.75, 3.05) is 0 Å². The van der Waals surface area contributed by atoms with E-state index in [1.165, 1.54) is 38.5 Å². The molecule has 1 unspecified atom stereocenters. The van der Waals surface area contributed by atoms with E-state index in [9.17, 15) is 0 Å². The highest BCUT2D eigenvalue weighted by Crippen LogP contribution is 2.42. The van der Waals surface area contributed by atoms with Crippen LogP contribution in [0, 0.1) is 11.3 Å². The fourth-order valence-electron chi connectivity index (χ4n) is 2.88. The second kappa shape index (κ2) is 4.45. The van der Waals surface area contributed by atoms with E-state index in [4.69, 9.17) is 5.73 Å². The summed E-state index contributed by atoms with van der Waals surface area (Å²) in [7, 11) is 0. The van der Waals surface area contributed by atoms with Crippen molar-refractivity contribution in [3.63, 3.8) is 0 Å². The highest BCUT2D eigenvalue weighted by Gasteiger charge is 2.37. The Morgan fingerprint density at radius 1 is 1.15 bits per heavy atom. The Morgan fingerprint density at radius 2 is 1.62 bits per heavy atom. The minimum absolute atomic E-state index is 0.435. The summed E-state index contributed by atoms with van der Waals surface area (Å²) in [5, 5.41) is 0. The van der Waals surface area contributed by atoms with Gasteiger partial charge in [0.05, 0.1) is 0 Å². The summed E-state index contributed by atoms with van der Waals surface area (Å²) in [5.74, 6) is 0.739. The van der Waals surface area contributed by atoms with Gasteiger partial charge in [0.25, 0.3) is 0 Å². The molecular formula is C12H25N. The molecule has 1 saturated carbocycles. The van der Waals surface area contributed by atoms with Crippen LogP contribution in [0.5, 0.6) is 0 Å². The van der Waals surface area contributed by atoms with Gasteiger partial charge in [-0.05, 0) is 24.2 Å². The minimum atomic E-state index is 0.435. The summed E-state index contributed by atoms with van der Waals surface area (Å²) < 4.78 is 0. The number of hydrogen-bond donors (Lipinski definition) is 1. The average Bonchev–Trinajstić information content (AvgIpc) is 2.55. The van der Waals surface area contributed by atoms with Gasteiger partial charge in [-0.25, -0.2) is 0 Å². The van der Waals surface area contributed by atoms with Gasteiger partial charge in [-0.2, -0.15) is 0 Å². The van der Waals surface area contributed by atoms with Crippen molar-refractivity contribution in [1.29, 1.82) is 0 Å². The first kappa shape index (κ1) is 11.0. The second-order valence-corrected chi connectivity index (χ2v) is 4.96. The molecule has 1 nitrogen and oxygen atoms in total. The van der Waals surface area contributed by atoms with E-state index < -0.39 is 0 Å². The standard InChI is InChI=1S/C12H25N/c1-4-10(5-2)11(13)12(3)8-6-7-9-12/h10-11H,4-9,13H2,1-3H3. The molecule has 0 saturated heterocycles. The highest BCUT2D eigenvalue weighted by atomic mass is 14.7. The van der Waals surface area contributed by atoms with Crippen molar-refractivity contribution in [3.8, 4) is 0 Å². The molecule has 0 aromatic heterocycles. The Hall–Kier alpha value is -0.0400. The Balaban J connectivity index is 2.58. The zero-order chi connectivity index (χ0) is 9.90. The molecule has 78 valence electrons. The van der Waals surface area contributed by atoms with Crippen molar-refractivity contribution in [2.45, 2.75) is 65.3 Å². The average molecular weight is 183 g/mol. The fraction of sp³-hybridized carbons (Fsp3) is 1.00. The molecule has 1 aliphatic rings. The van der Waals surface area contributed by atoms with Crippen LogP contribution in [0.25, 0.3) is 0 Å². The lowest BCUT2D eigenvalue weighted by atomic mass is 9.73. The first-order valence-corrected chi connectivity index (χ1v) is 5.89. The molecule has 0 spiro atoms. The van der Waals surface area contributed by atoms with E-state index in [1.807, 2.05) is 0 Å². The molecule has 1 rings (SSSR count). The molecule has 0 radical (unpaired) electrons. The highest BCUT2D eigenvalue weighted by molar-refractivity contribution is 4.92. The van der Waals surface area contributed by atoms with E-state index in [0.717, 1.165) is 5.92 Å². The third kappa shape index (κ3) is 2.25. The molecule has 1 heteroatoms. The third-order valence-electron chi connectivity index (χ3n) is 4.11. The fourth-order valence-corrected chi connectivity index (χ4v) is 2.88. The normalized spacial score (nSPS) is 23.8. The molecule has 1 aliphatic carbocycles. The van der Waals surface area contributed by atoms with E-state index in [2.05, 4.69) is 20.8 Å². The number of nitrogens with two attached hydrogens (primary N) is 1. The van der Waals surface area contributed by atoms with Gasteiger partial charge in [0.2, 0.25) is 0 Å². The summed E-state index contributed by atoms with van der Waals surface area (Å²) in [5.41, 5.74) is 6.83. The Kier molecular flexibility index (Phi) is 3.78. The lowest BCUT2D eigenvalue weighted by Gasteiger charge is -2.36. The molecule has 1 atom stereocenters. The molecule has 1 fully saturated rings. The largest absolute Gasteiger partial charge is 0.327 e. The predicted molar refractivity (Wildman–Crippen MR) is 58.6 cm³/mol. The zero-order valence-electron chi connectivity index (χ0n) is 9.47. The van der Waals surface area contributed by atoms with Gasteiger partial charge in [0, 0.05) is 6.04 Å². The number of hydrogen-bond acceptors (Lipinski definition) is 1. The molecule has 2 N–H and O–H groups in total. The van der Waals surface area contributed by atoms with Crippen LogP contribution < -0.4 is 5.73 Å². The summed E-state index contributed by atoms with van der Waals surface area (Å²) in [4.78, 5) is 0. The lowest BCUT2D eigenvalue weighted by molar-refractivity contribution is 0.188. The second-order valence-electron chi connectivity index (χ2n) is 4.96. The van der Waals surface area contributed by atoms with Gasteiger partial charge in [0.1, 0.15) is 0 Å². The van der Waals surface area contributed by atoms with E-state index in [1.54, 1.807) is 0 Å². The lowest BCUT2D eigenvalue weighted by Crippen LogP contribution is -2.43. The van der Waals surface area contributed by atoms with Crippen molar-refractivity contribution in [2.24, 2.45) is 17.1 Å². The first-order valence-electron chi connectivity index (χ1n) is 5.89. The maximum atomic E-state index is 6.38. The maximum absolute atomic E-state index is 6.38. The van der Waals surface area contributed by atoms with Crippen LogP contribution in [0.1, 0.15) is 59.3 Å². The topological polar surface area (TPSA) is 26.0 Å². The van der Waals surface area contributed by atoms with Crippen LogP contribution in [0.15, 0.2) is 0 Å². The van der Waals surface area contributed by atoms with Crippen molar-refractivity contribution in [3.05, 3.63) is 0 Å². The predicted octanol–water partition coefficient (Wildman–Crippen LogP) is 3.33. The summed E-state index contributed by atoms with van der Waals surface area (Å²) >= 11 is 0. The molecule has 0 amide bonds. The van der Waals surface area contributed by atoms with Gasteiger partial charge < -0.3 is 5.73 Å². The SMILES string of the molecule is CCC(CC)C(N)C1(C)CCCC1. The van der Waals surface area contributed by atoms with Crippen LogP contribution in [0.4, 0.5) is 0 Å². The Labute approximate surface area is 83.1 Å². The molecular weight excluding hydrogens is 158 g/mol. The van der Waals surface area contributed by atoms with Crippen LogP contribution in [-0.4, -0.2) is 6.04 Å². The minimum Gasteiger partial charge on any atom is -0.327 e. The smallest absolute Gasteiger partial charge is 0.0121 e. The zero-order valence-corrected chi connectivity index (χ0v) is 9.47. The maximum Gasteiger partial charge on any atom is 0.0121 e. The van der Waals surface area contributed by atoms with Crippen LogP contribution in [-0.2, 0) is 0 Å². The Bertz CT molecular complexity index is 143. The third-order valence-corrected chi connectivity index (χ3v) is 4.11. The number of rotatable bonds is 4. The first-order chi connectivity index (χ1) is 6.14. The van der Waals surface area contributed by atoms with Crippen LogP contribution in [0.2, 0.25) is 0 Å². The van der Waals surface area contributed by atoms with E-state index in [-0.39, 0.29) is 0 Å². The van der Waals surface area contributed by atoms with Crippen LogP contribution in [0.3, 0.4) is 0 Å². The van der Waals surface area contributed by atoms with Gasteiger partial charge >= 0.3 is 0 Å². The van der Waals surface area contributed by atoms with Gasteiger partial charge in [-0.15, -0.1) is 0 Å². The van der Waals surface area contributed by atoms with E-state index in [0.29, 0.717) is 11.5 Å². The Morgan fingerprint density at radius 3 is 2.00 bits per heavy atom.